The van der Waals surface area contributed by atoms with Gasteiger partial charge in [0, 0.05) is 12.2 Å². The predicted molar refractivity (Wildman–Crippen MR) is 61.0 cm³/mol. The SMILES string of the molecule is CCC(O)CNc1ccc2c(n1)CCC2. The van der Waals surface area contributed by atoms with Gasteiger partial charge in [0.15, 0.2) is 0 Å². The van der Waals surface area contributed by atoms with Gasteiger partial charge in [-0.05, 0) is 37.3 Å². The van der Waals surface area contributed by atoms with Crippen molar-refractivity contribution in [3.05, 3.63) is 23.4 Å². The van der Waals surface area contributed by atoms with Crippen LogP contribution in [-0.2, 0) is 12.8 Å². The van der Waals surface area contributed by atoms with Crippen molar-refractivity contribution >= 4 is 5.82 Å². The molecule has 0 fully saturated rings. The van der Waals surface area contributed by atoms with Crippen LogP contribution in [0.25, 0.3) is 0 Å². The average Bonchev–Trinajstić information content (AvgIpc) is 2.72. The Hall–Kier alpha value is -1.09. The third kappa shape index (κ3) is 2.48. The molecule has 0 saturated carbocycles. The molecule has 1 unspecified atom stereocenters. The van der Waals surface area contributed by atoms with Crippen LogP contribution in [0.2, 0.25) is 0 Å². The largest absolute Gasteiger partial charge is 0.391 e. The maximum Gasteiger partial charge on any atom is 0.126 e. The van der Waals surface area contributed by atoms with Crippen molar-refractivity contribution in [2.24, 2.45) is 0 Å². The van der Waals surface area contributed by atoms with E-state index in [9.17, 15) is 5.11 Å². The molecule has 3 heteroatoms. The van der Waals surface area contributed by atoms with Gasteiger partial charge in [-0.15, -0.1) is 0 Å². The summed E-state index contributed by atoms with van der Waals surface area (Å²) in [7, 11) is 0. The van der Waals surface area contributed by atoms with E-state index in [1.165, 1.54) is 24.1 Å². The van der Waals surface area contributed by atoms with Gasteiger partial charge >= 0.3 is 0 Å². The maximum atomic E-state index is 9.42. The molecule has 0 aromatic carbocycles. The number of aliphatic hydroxyl groups excluding tert-OH is 1. The lowest BCUT2D eigenvalue weighted by atomic mass is 10.2. The van der Waals surface area contributed by atoms with E-state index in [-0.39, 0.29) is 6.10 Å². The first kappa shape index (κ1) is 10.4. The molecule has 1 aromatic rings. The summed E-state index contributed by atoms with van der Waals surface area (Å²) in [6.07, 6.45) is 3.99. The summed E-state index contributed by atoms with van der Waals surface area (Å²) in [4.78, 5) is 4.54. The Balaban J connectivity index is 1.98. The van der Waals surface area contributed by atoms with E-state index in [0.717, 1.165) is 18.7 Å². The molecule has 1 aliphatic rings. The first-order valence-electron chi connectivity index (χ1n) is 5.70. The second-order valence-corrected chi connectivity index (χ2v) is 4.10. The van der Waals surface area contributed by atoms with E-state index in [1.807, 2.05) is 13.0 Å². The highest BCUT2D eigenvalue weighted by Gasteiger charge is 2.12. The van der Waals surface area contributed by atoms with Gasteiger partial charge < -0.3 is 10.4 Å². The highest BCUT2D eigenvalue weighted by Crippen LogP contribution is 2.21. The van der Waals surface area contributed by atoms with Crippen LogP contribution in [0.5, 0.6) is 0 Å². The van der Waals surface area contributed by atoms with Crippen LogP contribution < -0.4 is 5.32 Å². The Kier molecular flexibility index (Phi) is 3.21. The van der Waals surface area contributed by atoms with Crippen LogP contribution in [0, 0.1) is 0 Å². The standard InChI is InChI=1S/C12H18N2O/c1-2-10(15)8-13-12-7-6-9-4-3-5-11(9)14-12/h6-7,10,15H,2-5,8H2,1H3,(H,13,14). The second-order valence-electron chi connectivity index (χ2n) is 4.10. The number of hydrogen-bond donors (Lipinski definition) is 2. The minimum Gasteiger partial charge on any atom is -0.391 e. The molecule has 1 atom stereocenters. The Morgan fingerprint density at radius 1 is 1.47 bits per heavy atom. The van der Waals surface area contributed by atoms with Crippen LogP contribution >= 0.6 is 0 Å². The van der Waals surface area contributed by atoms with Gasteiger partial charge in [-0.25, -0.2) is 4.98 Å². The number of nitrogens with one attached hydrogen (secondary N) is 1. The van der Waals surface area contributed by atoms with E-state index in [4.69, 9.17) is 0 Å². The number of aryl methyl sites for hydroxylation is 2. The summed E-state index contributed by atoms with van der Waals surface area (Å²) < 4.78 is 0. The number of anilines is 1. The third-order valence-corrected chi connectivity index (χ3v) is 2.92. The molecular weight excluding hydrogens is 188 g/mol. The van der Waals surface area contributed by atoms with Crippen molar-refractivity contribution in [1.29, 1.82) is 0 Å². The number of hydrogen-bond acceptors (Lipinski definition) is 3. The van der Waals surface area contributed by atoms with Crippen molar-refractivity contribution in [3.63, 3.8) is 0 Å². The molecule has 2 N–H and O–H groups in total. The fourth-order valence-electron chi connectivity index (χ4n) is 1.89. The van der Waals surface area contributed by atoms with Gasteiger partial charge in [-0.1, -0.05) is 13.0 Å². The zero-order valence-electron chi connectivity index (χ0n) is 9.16. The number of rotatable bonds is 4. The van der Waals surface area contributed by atoms with Crippen molar-refractivity contribution in [1.82, 2.24) is 4.98 Å². The van der Waals surface area contributed by atoms with Gasteiger partial charge in [0.1, 0.15) is 5.82 Å². The number of aliphatic hydroxyl groups is 1. The van der Waals surface area contributed by atoms with E-state index in [1.54, 1.807) is 0 Å². The summed E-state index contributed by atoms with van der Waals surface area (Å²) in [6, 6.07) is 4.16. The fraction of sp³-hybridized carbons (Fsp3) is 0.583. The van der Waals surface area contributed by atoms with E-state index in [0.29, 0.717) is 6.54 Å². The number of nitrogens with zero attached hydrogens (tertiary/aromatic N) is 1. The van der Waals surface area contributed by atoms with E-state index in [2.05, 4.69) is 16.4 Å². The Morgan fingerprint density at radius 3 is 3.13 bits per heavy atom. The van der Waals surface area contributed by atoms with E-state index >= 15 is 0 Å². The van der Waals surface area contributed by atoms with Crippen LogP contribution in [-0.4, -0.2) is 22.7 Å². The molecule has 0 radical (unpaired) electrons. The number of fused-ring (bicyclic) bond motifs is 1. The monoisotopic (exact) mass is 206 g/mol. The summed E-state index contributed by atoms with van der Waals surface area (Å²) >= 11 is 0. The zero-order chi connectivity index (χ0) is 10.7. The summed E-state index contributed by atoms with van der Waals surface area (Å²) in [6.45, 7) is 2.56. The lowest BCUT2D eigenvalue weighted by Crippen LogP contribution is -2.18. The van der Waals surface area contributed by atoms with Crippen molar-refractivity contribution in [2.45, 2.75) is 38.7 Å². The lowest BCUT2D eigenvalue weighted by molar-refractivity contribution is 0.183. The van der Waals surface area contributed by atoms with Crippen LogP contribution in [0.1, 0.15) is 31.0 Å². The molecule has 3 nitrogen and oxygen atoms in total. The fourth-order valence-corrected chi connectivity index (χ4v) is 1.89. The molecule has 0 saturated heterocycles. The highest BCUT2D eigenvalue weighted by atomic mass is 16.3. The maximum absolute atomic E-state index is 9.42. The molecule has 0 spiro atoms. The van der Waals surface area contributed by atoms with Crippen molar-refractivity contribution in [2.75, 3.05) is 11.9 Å². The molecule has 82 valence electrons. The molecule has 15 heavy (non-hydrogen) atoms. The topological polar surface area (TPSA) is 45.1 Å². The molecule has 1 aliphatic carbocycles. The minimum absolute atomic E-state index is 0.278. The normalized spacial score (nSPS) is 16.1. The molecule has 1 aromatic heterocycles. The Bertz CT molecular complexity index is 338. The van der Waals surface area contributed by atoms with Crippen molar-refractivity contribution < 1.29 is 5.11 Å². The predicted octanol–water partition coefficient (Wildman–Crippen LogP) is 1.75. The number of aromatic nitrogens is 1. The summed E-state index contributed by atoms with van der Waals surface area (Å²) in [5.74, 6) is 0.892. The molecule has 0 bridgehead atoms. The molecular formula is C12H18N2O. The van der Waals surface area contributed by atoms with Crippen LogP contribution in [0.3, 0.4) is 0 Å². The quantitative estimate of drug-likeness (QED) is 0.789. The van der Waals surface area contributed by atoms with Gasteiger partial charge in [-0.3, -0.25) is 0 Å². The Morgan fingerprint density at radius 2 is 2.33 bits per heavy atom. The highest BCUT2D eigenvalue weighted by molar-refractivity contribution is 5.40. The number of pyridine rings is 1. The lowest BCUT2D eigenvalue weighted by Gasteiger charge is -2.10. The average molecular weight is 206 g/mol. The van der Waals surface area contributed by atoms with Gasteiger partial charge in [0.05, 0.1) is 6.10 Å². The van der Waals surface area contributed by atoms with Crippen LogP contribution in [0.4, 0.5) is 5.82 Å². The second kappa shape index (κ2) is 4.62. The zero-order valence-corrected chi connectivity index (χ0v) is 9.16. The van der Waals surface area contributed by atoms with Crippen LogP contribution in [0.15, 0.2) is 12.1 Å². The van der Waals surface area contributed by atoms with Gasteiger partial charge in [-0.2, -0.15) is 0 Å². The molecule has 0 aliphatic heterocycles. The van der Waals surface area contributed by atoms with Crippen molar-refractivity contribution in [3.8, 4) is 0 Å². The minimum atomic E-state index is -0.278. The van der Waals surface area contributed by atoms with Gasteiger partial charge in [0.2, 0.25) is 0 Å². The molecule has 1 heterocycles. The third-order valence-electron chi connectivity index (χ3n) is 2.92. The molecule has 0 amide bonds. The summed E-state index contributed by atoms with van der Waals surface area (Å²) in [5.41, 5.74) is 2.61. The van der Waals surface area contributed by atoms with Gasteiger partial charge in [0.25, 0.3) is 0 Å². The first-order valence-corrected chi connectivity index (χ1v) is 5.70. The smallest absolute Gasteiger partial charge is 0.126 e. The summed E-state index contributed by atoms with van der Waals surface area (Å²) in [5, 5.41) is 12.6. The first-order chi connectivity index (χ1) is 7.29. The molecule has 2 rings (SSSR count). The van der Waals surface area contributed by atoms with E-state index < -0.39 is 0 Å². The Labute approximate surface area is 90.5 Å².